The Bertz CT molecular complexity index is 1520. The Morgan fingerprint density at radius 2 is 1.69 bits per heavy atom. The molecular formula is C29H29FN2O5S2. The Balaban J connectivity index is 1.57. The Kier molecular flexibility index (Phi) is 8.79. The summed E-state index contributed by atoms with van der Waals surface area (Å²) < 4.78 is 53.4. The van der Waals surface area contributed by atoms with E-state index in [4.69, 9.17) is 9.47 Å². The molecular weight excluding hydrogens is 539 g/mol. The summed E-state index contributed by atoms with van der Waals surface area (Å²) in [6, 6.07) is 19.3. The highest BCUT2D eigenvalue weighted by molar-refractivity contribution is 7.89. The summed E-state index contributed by atoms with van der Waals surface area (Å²) in [5.74, 6) is -0.750. The molecule has 4 rings (SSSR count). The lowest BCUT2D eigenvalue weighted by atomic mass is 10.1. The van der Waals surface area contributed by atoms with Crippen molar-refractivity contribution < 1.29 is 27.1 Å². The second-order valence-electron chi connectivity index (χ2n) is 9.79. The third-order valence-electron chi connectivity index (χ3n) is 5.46. The van der Waals surface area contributed by atoms with Gasteiger partial charge < -0.3 is 9.47 Å². The number of carbonyl (C=O) groups is 1. The van der Waals surface area contributed by atoms with E-state index in [1.165, 1.54) is 33.8 Å². The lowest BCUT2D eigenvalue weighted by Gasteiger charge is -2.23. The number of halogens is 1. The molecule has 39 heavy (non-hydrogen) atoms. The molecule has 204 valence electrons. The first-order chi connectivity index (χ1) is 18.5. The van der Waals surface area contributed by atoms with Gasteiger partial charge in [-0.05, 0) is 62.2 Å². The molecule has 3 aromatic carbocycles. The summed E-state index contributed by atoms with van der Waals surface area (Å²) in [5, 5.41) is 2.76. The average Bonchev–Trinajstić information content (AvgIpc) is 3.42. The highest BCUT2D eigenvalue weighted by Gasteiger charge is 2.26. The number of sulfonamides is 1. The monoisotopic (exact) mass is 568 g/mol. The molecule has 0 bridgehead atoms. The number of carbonyl (C=O) groups excluding carboxylic acids is 1. The maximum Gasteiger partial charge on any atom is 0.344 e. The predicted octanol–water partition coefficient (Wildman–Crippen LogP) is 6.06. The quantitative estimate of drug-likeness (QED) is 0.216. The fourth-order valence-electron chi connectivity index (χ4n) is 3.78. The number of rotatable bonds is 10. The molecule has 0 saturated carbocycles. The Morgan fingerprint density at radius 1 is 0.974 bits per heavy atom. The molecule has 10 heteroatoms. The molecule has 1 heterocycles. The van der Waals surface area contributed by atoms with Crippen LogP contribution in [0.5, 0.6) is 5.75 Å². The molecule has 0 unspecified atom stereocenters. The van der Waals surface area contributed by atoms with Crippen LogP contribution in [0.25, 0.3) is 10.6 Å². The standard InChI is InChI=1S/C29H29FN2O5S2/c1-29(2,3)37-27(33)20-36-25-8-4-6-22(16-25)19-32(39(34,35)26-9-5-7-24(30)17-26)18-21-10-12-23(13-11-21)28-31-14-15-38-28/h4-17H,18-20H2,1-3H3. The van der Waals surface area contributed by atoms with E-state index in [9.17, 15) is 17.6 Å². The lowest BCUT2D eigenvalue weighted by Crippen LogP contribution is -2.30. The van der Waals surface area contributed by atoms with Crippen molar-refractivity contribution in [2.24, 2.45) is 0 Å². The lowest BCUT2D eigenvalue weighted by molar-refractivity contribution is -0.157. The summed E-state index contributed by atoms with van der Waals surface area (Å²) >= 11 is 1.52. The van der Waals surface area contributed by atoms with Crippen molar-refractivity contribution in [1.29, 1.82) is 0 Å². The minimum absolute atomic E-state index is 0.00326. The van der Waals surface area contributed by atoms with E-state index in [0.717, 1.165) is 22.2 Å². The van der Waals surface area contributed by atoms with Gasteiger partial charge in [-0.1, -0.05) is 42.5 Å². The number of esters is 1. The average molecular weight is 569 g/mol. The van der Waals surface area contributed by atoms with E-state index < -0.39 is 27.4 Å². The third kappa shape index (κ3) is 7.95. The van der Waals surface area contributed by atoms with Gasteiger partial charge >= 0.3 is 5.97 Å². The molecule has 0 aliphatic rings. The Hall–Kier alpha value is -3.60. The van der Waals surface area contributed by atoms with Gasteiger partial charge in [0.2, 0.25) is 10.0 Å². The zero-order chi connectivity index (χ0) is 28.0. The summed E-state index contributed by atoms with van der Waals surface area (Å²) in [6.07, 6.45) is 1.73. The number of ether oxygens (including phenoxy) is 2. The molecule has 0 amide bonds. The number of hydrogen-bond donors (Lipinski definition) is 0. The number of benzene rings is 3. The summed E-state index contributed by atoms with van der Waals surface area (Å²) in [6.45, 7) is 5.08. The number of nitrogens with zero attached hydrogens (tertiary/aromatic N) is 2. The van der Waals surface area contributed by atoms with Crippen LogP contribution >= 0.6 is 11.3 Å². The first kappa shape index (κ1) is 28.4. The van der Waals surface area contributed by atoms with Crippen LogP contribution in [0.4, 0.5) is 4.39 Å². The van der Waals surface area contributed by atoms with Crippen LogP contribution in [-0.2, 0) is 32.6 Å². The van der Waals surface area contributed by atoms with Gasteiger partial charge in [0.05, 0.1) is 4.90 Å². The first-order valence-corrected chi connectivity index (χ1v) is 14.5. The van der Waals surface area contributed by atoms with Crippen molar-refractivity contribution in [1.82, 2.24) is 9.29 Å². The SMILES string of the molecule is CC(C)(C)OC(=O)COc1cccc(CN(Cc2ccc(-c3nccs3)cc2)S(=O)(=O)c2cccc(F)c2)c1. The number of thiazole rings is 1. The van der Waals surface area contributed by atoms with Gasteiger partial charge in [-0.25, -0.2) is 22.6 Å². The van der Waals surface area contributed by atoms with Gasteiger partial charge in [0.25, 0.3) is 0 Å². The second-order valence-corrected chi connectivity index (χ2v) is 12.6. The van der Waals surface area contributed by atoms with Crippen LogP contribution in [0, 0.1) is 5.82 Å². The van der Waals surface area contributed by atoms with Crippen molar-refractivity contribution in [2.75, 3.05) is 6.61 Å². The van der Waals surface area contributed by atoms with Crippen molar-refractivity contribution in [3.05, 3.63) is 101 Å². The van der Waals surface area contributed by atoms with Crippen LogP contribution in [-0.4, -0.2) is 35.9 Å². The van der Waals surface area contributed by atoms with Gasteiger partial charge in [-0.3, -0.25) is 0 Å². The molecule has 0 aliphatic carbocycles. The first-order valence-electron chi connectivity index (χ1n) is 12.2. The van der Waals surface area contributed by atoms with E-state index >= 15 is 0 Å². The van der Waals surface area contributed by atoms with Crippen LogP contribution in [0.15, 0.2) is 89.3 Å². The topological polar surface area (TPSA) is 85.8 Å². The second kappa shape index (κ2) is 12.1. The fourth-order valence-corrected chi connectivity index (χ4v) is 5.87. The highest BCUT2D eigenvalue weighted by atomic mass is 32.2. The third-order valence-corrected chi connectivity index (χ3v) is 8.07. The molecule has 0 saturated heterocycles. The zero-order valence-corrected chi connectivity index (χ0v) is 23.5. The molecule has 4 aromatic rings. The summed E-state index contributed by atoms with van der Waals surface area (Å²) in [4.78, 5) is 16.2. The van der Waals surface area contributed by atoms with Gasteiger partial charge in [-0.15, -0.1) is 11.3 Å². The molecule has 0 aliphatic heterocycles. The maximum atomic E-state index is 14.0. The fraction of sp³-hybridized carbons (Fsp3) is 0.241. The minimum Gasteiger partial charge on any atom is -0.482 e. The molecule has 0 atom stereocenters. The van der Waals surface area contributed by atoms with E-state index in [1.54, 1.807) is 51.2 Å². The van der Waals surface area contributed by atoms with Crippen molar-refractivity contribution >= 4 is 27.3 Å². The molecule has 7 nitrogen and oxygen atoms in total. The van der Waals surface area contributed by atoms with E-state index in [0.29, 0.717) is 11.3 Å². The number of hydrogen-bond acceptors (Lipinski definition) is 7. The molecule has 0 spiro atoms. The molecule has 1 aromatic heterocycles. The van der Waals surface area contributed by atoms with Gasteiger partial charge in [0.1, 0.15) is 22.2 Å². The van der Waals surface area contributed by atoms with Crippen molar-refractivity contribution in [3.8, 4) is 16.3 Å². The maximum absolute atomic E-state index is 14.0. The Labute approximate surface area is 231 Å². The molecule has 0 N–H and O–H groups in total. The summed E-state index contributed by atoms with van der Waals surface area (Å²) in [7, 11) is -4.06. The zero-order valence-electron chi connectivity index (χ0n) is 21.8. The van der Waals surface area contributed by atoms with Crippen molar-refractivity contribution in [2.45, 2.75) is 44.4 Å². The Morgan fingerprint density at radius 3 is 2.36 bits per heavy atom. The predicted molar refractivity (Wildman–Crippen MR) is 148 cm³/mol. The van der Waals surface area contributed by atoms with Gasteiger partial charge in [-0.2, -0.15) is 4.31 Å². The van der Waals surface area contributed by atoms with Gasteiger partial charge in [0.15, 0.2) is 6.61 Å². The molecule has 0 fully saturated rings. The van der Waals surface area contributed by atoms with Crippen LogP contribution in [0.1, 0.15) is 31.9 Å². The van der Waals surface area contributed by atoms with Gasteiger partial charge in [0, 0.05) is 30.2 Å². The van der Waals surface area contributed by atoms with Crippen LogP contribution in [0.2, 0.25) is 0 Å². The summed E-state index contributed by atoms with van der Waals surface area (Å²) in [5.41, 5.74) is 1.69. The van der Waals surface area contributed by atoms with Crippen molar-refractivity contribution in [3.63, 3.8) is 0 Å². The van der Waals surface area contributed by atoms with Crippen LogP contribution < -0.4 is 4.74 Å². The largest absolute Gasteiger partial charge is 0.482 e. The van der Waals surface area contributed by atoms with E-state index in [1.807, 2.05) is 29.6 Å². The normalized spacial score (nSPS) is 11.9. The molecule has 0 radical (unpaired) electrons. The van der Waals surface area contributed by atoms with E-state index in [2.05, 4.69) is 4.98 Å². The highest BCUT2D eigenvalue weighted by Crippen LogP contribution is 2.26. The number of aromatic nitrogens is 1. The van der Waals surface area contributed by atoms with E-state index in [-0.39, 0.29) is 24.6 Å². The van der Waals surface area contributed by atoms with Crippen LogP contribution in [0.3, 0.4) is 0 Å². The smallest absolute Gasteiger partial charge is 0.344 e. The minimum atomic E-state index is -4.06.